The molecular formula is C11H25N3. The molecule has 1 aliphatic rings. The van der Waals surface area contributed by atoms with Gasteiger partial charge in [0, 0.05) is 25.2 Å². The molecule has 1 saturated heterocycles. The Labute approximate surface area is 88.2 Å². The largest absolute Gasteiger partial charge is 0.330 e. The SMILES string of the molecule is CCCN1CC(CCN)N(C)CC1C. The Hall–Kier alpha value is -0.120. The van der Waals surface area contributed by atoms with Gasteiger partial charge in [-0.1, -0.05) is 6.92 Å². The predicted octanol–water partition coefficient (Wildman–Crippen LogP) is 0.750. The van der Waals surface area contributed by atoms with Gasteiger partial charge in [0.2, 0.25) is 0 Å². The molecule has 2 unspecified atom stereocenters. The highest BCUT2D eigenvalue weighted by molar-refractivity contribution is 4.84. The van der Waals surface area contributed by atoms with Gasteiger partial charge in [-0.3, -0.25) is 4.90 Å². The van der Waals surface area contributed by atoms with Crippen molar-refractivity contribution in [2.24, 2.45) is 5.73 Å². The summed E-state index contributed by atoms with van der Waals surface area (Å²) in [5.74, 6) is 0. The zero-order valence-electron chi connectivity index (χ0n) is 9.87. The number of hydrogen-bond acceptors (Lipinski definition) is 3. The van der Waals surface area contributed by atoms with E-state index in [1.807, 2.05) is 0 Å². The lowest BCUT2D eigenvalue weighted by Crippen LogP contribution is -2.56. The Morgan fingerprint density at radius 1 is 1.36 bits per heavy atom. The third-order valence-corrected chi connectivity index (χ3v) is 3.25. The number of nitrogens with zero attached hydrogens (tertiary/aromatic N) is 2. The van der Waals surface area contributed by atoms with Crippen molar-refractivity contribution < 1.29 is 0 Å². The molecule has 0 spiro atoms. The van der Waals surface area contributed by atoms with E-state index >= 15 is 0 Å². The third-order valence-electron chi connectivity index (χ3n) is 3.25. The molecule has 0 aromatic carbocycles. The molecule has 1 aliphatic heterocycles. The summed E-state index contributed by atoms with van der Waals surface area (Å²) in [6, 6.07) is 1.37. The van der Waals surface area contributed by atoms with Crippen LogP contribution >= 0.6 is 0 Å². The van der Waals surface area contributed by atoms with Gasteiger partial charge in [-0.15, -0.1) is 0 Å². The fraction of sp³-hybridized carbons (Fsp3) is 1.00. The number of likely N-dealkylation sites (N-methyl/N-ethyl adjacent to an activating group) is 1. The van der Waals surface area contributed by atoms with Crippen LogP contribution in [0, 0.1) is 0 Å². The van der Waals surface area contributed by atoms with E-state index in [-0.39, 0.29) is 0 Å². The summed E-state index contributed by atoms with van der Waals surface area (Å²) in [6.45, 7) is 9.00. The van der Waals surface area contributed by atoms with Crippen molar-refractivity contribution >= 4 is 0 Å². The first-order valence-corrected chi connectivity index (χ1v) is 5.83. The molecule has 0 aromatic heterocycles. The Kier molecular flexibility index (Phi) is 4.85. The van der Waals surface area contributed by atoms with Crippen LogP contribution in [0.3, 0.4) is 0 Å². The highest BCUT2D eigenvalue weighted by Gasteiger charge is 2.27. The summed E-state index contributed by atoms with van der Waals surface area (Å²) >= 11 is 0. The van der Waals surface area contributed by atoms with Crippen LogP contribution in [0.2, 0.25) is 0 Å². The zero-order valence-corrected chi connectivity index (χ0v) is 9.87. The number of rotatable bonds is 4. The normalized spacial score (nSPS) is 30.9. The van der Waals surface area contributed by atoms with Gasteiger partial charge < -0.3 is 10.6 Å². The maximum absolute atomic E-state index is 5.63. The molecule has 84 valence electrons. The lowest BCUT2D eigenvalue weighted by atomic mass is 10.1. The van der Waals surface area contributed by atoms with E-state index < -0.39 is 0 Å². The van der Waals surface area contributed by atoms with Gasteiger partial charge in [0.15, 0.2) is 0 Å². The van der Waals surface area contributed by atoms with Gasteiger partial charge in [-0.2, -0.15) is 0 Å². The fourth-order valence-corrected chi connectivity index (χ4v) is 2.37. The molecular weight excluding hydrogens is 174 g/mol. The molecule has 3 nitrogen and oxygen atoms in total. The van der Waals surface area contributed by atoms with Crippen LogP contribution in [0.25, 0.3) is 0 Å². The first-order chi connectivity index (χ1) is 6.69. The molecule has 1 rings (SSSR count). The minimum Gasteiger partial charge on any atom is -0.330 e. The number of hydrogen-bond donors (Lipinski definition) is 1. The topological polar surface area (TPSA) is 32.5 Å². The molecule has 0 aliphatic carbocycles. The van der Waals surface area contributed by atoms with E-state index in [1.165, 1.54) is 26.1 Å². The van der Waals surface area contributed by atoms with Gasteiger partial charge >= 0.3 is 0 Å². The fourth-order valence-electron chi connectivity index (χ4n) is 2.37. The molecule has 1 heterocycles. The molecule has 1 fully saturated rings. The minimum atomic E-state index is 0.669. The average molecular weight is 199 g/mol. The van der Waals surface area contributed by atoms with Crippen LogP contribution in [0.15, 0.2) is 0 Å². The summed E-state index contributed by atoms with van der Waals surface area (Å²) in [7, 11) is 2.22. The molecule has 3 heteroatoms. The van der Waals surface area contributed by atoms with Crippen LogP contribution < -0.4 is 5.73 Å². The van der Waals surface area contributed by atoms with Crippen molar-refractivity contribution in [3.63, 3.8) is 0 Å². The highest BCUT2D eigenvalue weighted by atomic mass is 15.3. The lowest BCUT2D eigenvalue weighted by Gasteiger charge is -2.43. The van der Waals surface area contributed by atoms with Crippen molar-refractivity contribution in [3.05, 3.63) is 0 Å². The Bertz CT molecular complexity index is 145. The van der Waals surface area contributed by atoms with E-state index in [0.717, 1.165) is 13.0 Å². The van der Waals surface area contributed by atoms with Crippen LogP contribution in [0.1, 0.15) is 26.7 Å². The third kappa shape index (κ3) is 2.94. The predicted molar refractivity (Wildman–Crippen MR) is 61.4 cm³/mol. The molecule has 2 atom stereocenters. The van der Waals surface area contributed by atoms with Gasteiger partial charge in [0.05, 0.1) is 0 Å². The Morgan fingerprint density at radius 3 is 2.64 bits per heavy atom. The van der Waals surface area contributed by atoms with Crippen molar-refractivity contribution in [1.29, 1.82) is 0 Å². The lowest BCUT2D eigenvalue weighted by molar-refractivity contribution is 0.0498. The molecule has 0 saturated carbocycles. The Morgan fingerprint density at radius 2 is 2.07 bits per heavy atom. The van der Waals surface area contributed by atoms with Gasteiger partial charge in [-0.25, -0.2) is 0 Å². The number of piperazine rings is 1. The van der Waals surface area contributed by atoms with E-state index in [0.29, 0.717) is 12.1 Å². The van der Waals surface area contributed by atoms with Crippen molar-refractivity contribution in [1.82, 2.24) is 9.80 Å². The number of nitrogens with two attached hydrogens (primary N) is 1. The molecule has 14 heavy (non-hydrogen) atoms. The van der Waals surface area contributed by atoms with Crippen molar-refractivity contribution in [2.45, 2.75) is 38.8 Å². The molecule has 0 radical (unpaired) electrons. The Balaban J connectivity index is 2.47. The monoisotopic (exact) mass is 199 g/mol. The summed E-state index contributed by atoms with van der Waals surface area (Å²) in [4.78, 5) is 5.06. The first-order valence-electron chi connectivity index (χ1n) is 5.83. The molecule has 2 N–H and O–H groups in total. The maximum Gasteiger partial charge on any atom is 0.0232 e. The standard InChI is InChI=1S/C11H25N3/c1-4-7-14-9-11(5-6-12)13(3)8-10(14)2/h10-11H,4-9,12H2,1-3H3. The second-order valence-corrected chi connectivity index (χ2v) is 4.51. The summed E-state index contributed by atoms with van der Waals surface area (Å²) in [5, 5.41) is 0. The van der Waals surface area contributed by atoms with E-state index in [2.05, 4.69) is 30.7 Å². The second-order valence-electron chi connectivity index (χ2n) is 4.51. The maximum atomic E-state index is 5.63. The van der Waals surface area contributed by atoms with Gasteiger partial charge in [0.25, 0.3) is 0 Å². The van der Waals surface area contributed by atoms with E-state index in [4.69, 9.17) is 5.73 Å². The average Bonchev–Trinajstić information content (AvgIpc) is 2.14. The molecule has 0 amide bonds. The summed E-state index contributed by atoms with van der Waals surface area (Å²) in [6.07, 6.45) is 2.38. The molecule has 0 bridgehead atoms. The zero-order chi connectivity index (χ0) is 10.6. The second kappa shape index (κ2) is 5.69. The van der Waals surface area contributed by atoms with Gasteiger partial charge in [-0.05, 0) is 39.9 Å². The quantitative estimate of drug-likeness (QED) is 0.725. The van der Waals surface area contributed by atoms with Gasteiger partial charge in [0.1, 0.15) is 0 Å². The van der Waals surface area contributed by atoms with Crippen molar-refractivity contribution in [2.75, 3.05) is 33.2 Å². The van der Waals surface area contributed by atoms with E-state index in [1.54, 1.807) is 0 Å². The summed E-state index contributed by atoms with van der Waals surface area (Å²) < 4.78 is 0. The molecule has 0 aromatic rings. The summed E-state index contributed by atoms with van der Waals surface area (Å²) in [5.41, 5.74) is 5.63. The van der Waals surface area contributed by atoms with E-state index in [9.17, 15) is 0 Å². The highest BCUT2D eigenvalue weighted by Crippen LogP contribution is 2.15. The van der Waals surface area contributed by atoms with Crippen LogP contribution in [0.5, 0.6) is 0 Å². The van der Waals surface area contributed by atoms with Crippen LogP contribution in [0.4, 0.5) is 0 Å². The first kappa shape index (κ1) is 12.0. The van der Waals surface area contributed by atoms with Crippen LogP contribution in [-0.4, -0.2) is 55.1 Å². The minimum absolute atomic E-state index is 0.669. The van der Waals surface area contributed by atoms with Crippen molar-refractivity contribution in [3.8, 4) is 0 Å². The van der Waals surface area contributed by atoms with Crippen LogP contribution in [-0.2, 0) is 0 Å². The smallest absolute Gasteiger partial charge is 0.0232 e.